The van der Waals surface area contributed by atoms with Crippen molar-refractivity contribution in [1.29, 1.82) is 0 Å². The first-order chi connectivity index (χ1) is 19.0. The van der Waals surface area contributed by atoms with E-state index in [-0.39, 0.29) is 11.7 Å². The van der Waals surface area contributed by atoms with Crippen molar-refractivity contribution in [3.8, 4) is 11.5 Å². The topological polar surface area (TPSA) is 68.2 Å². The van der Waals surface area contributed by atoms with Crippen LogP contribution in [0.2, 0.25) is 0 Å². The van der Waals surface area contributed by atoms with Crippen LogP contribution in [-0.4, -0.2) is 29.6 Å². The van der Waals surface area contributed by atoms with E-state index in [9.17, 15) is 9.36 Å². The molecule has 0 N–H and O–H groups in total. The Morgan fingerprint density at radius 3 is 1.82 bits per heavy atom. The second-order valence-corrected chi connectivity index (χ2v) is 11.0. The van der Waals surface area contributed by atoms with Gasteiger partial charge in [0.05, 0.1) is 0 Å². The molecule has 5 rings (SSSR count). The van der Waals surface area contributed by atoms with Crippen LogP contribution in [0.15, 0.2) is 120 Å². The molecule has 0 aliphatic carbocycles. The van der Waals surface area contributed by atoms with Gasteiger partial charge in [0.25, 0.3) is 0 Å². The molecule has 0 amide bonds. The quantitative estimate of drug-likeness (QED) is 0.0942. The van der Waals surface area contributed by atoms with E-state index in [1.807, 2.05) is 97.9 Å². The molecule has 1 aliphatic heterocycles. The summed E-state index contributed by atoms with van der Waals surface area (Å²) >= 11 is 0. The number of para-hydroxylation sites is 2. The summed E-state index contributed by atoms with van der Waals surface area (Å²) in [5.41, 5.74) is 2.12. The molecule has 1 unspecified atom stereocenters. The molecule has 0 saturated carbocycles. The molecular formula is C32H31N2O4P. The molecule has 1 atom stereocenters. The van der Waals surface area contributed by atoms with Crippen LogP contribution in [0, 0.1) is 0 Å². The van der Waals surface area contributed by atoms with E-state index in [0.717, 1.165) is 31.5 Å². The molecule has 1 fully saturated rings. The normalized spacial score (nSPS) is 14.6. The number of carbonyl (C=O) groups is 1. The van der Waals surface area contributed by atoms with Gasteiger partial charge in [-0.05, 0) is 48.7 Å². The third kappa shape index (κ3) is 6.65. The zero-order valence-electron chi connectivity index (χ0n) is 21.9. The van der Waals surface area contributed by atoms with Gasteiger partial charge in [-0.2, -0.15) is 0 Å². The monoisotopic (exact) mass is 538 g/mol. The molecule has 0 bridgehead atoms. The van der Waals surface area contributed by atoms with Gasteiger partial charge in [-0.3, -0.25) is 4.79 Å². The Balaban J connectivity index is 1.53. The lowest BCUT2D eigenvalue weighted by Gasteiger charge is -2.27. The van der Waals surface area contributed by atoms with Crippen molar-refractivity contribution < 1.29 is 18.4 Å². The van der Waals surface area contributed by atoms with Gasteiger partial charge in [-0.25, -0.2) is 4.57 Å². The molecule has 0 aromatic heterocycles. The maximum Gasteiger partial charge on any atom is 0.565 e. The molecule has 1 heterocycles. The van der Waals surface area contributed by atoms with Gasteiger partial charge in [0.15, 0.2) is 5.78 Å². The Hall–Kier alpha value is -4.15. The predicted octanol–water partition coefficient (Wildman–Crippen LogP) is 7.78. The van der Waals surface area contributed by atoms with E-state index in [4.69, 9.17) is 13.8 Å². The molecule has 198 valence electrons. The Labute approximate surface area is 229 Å². The molecule has 0 radical (unpaired) electrons. The average Bonchev–Trinajstić information content (AvgIpc) is 3.52. The Kier molecular flexibility index (Phi) is 8.24. The number of benzene rings is 4. The zero-order valence-corrected chi connectivity index (χ0v) is 22.7. The molecular weight excluding hydrogens is 507 g/mol. The highest BCUT2D eigenvalue weighted by atomic mass is 31.2. The smallest absolute Gasteiger partial charge is 0.399 e. The third-order valence-electron chi connectivity index (χ3n) is 6.66. The first kappa shape index (κ1) is 26.5. The standard InChI is InChI=1S/C32H31N2O4P/c1-25(27-16-13-17-28(24-27)31(35)26-14-5-2-6-15-26)32(34-22-11-12-23-34)33-39(36,37-29-18-7-3-8-19-29)38-30-20-9-4-10-21-30/h2-10,13-21,24-25H,11-12,22-23H2,1H3/b33-32-. The summed E-state index contributed by atoms with van der Waals surface area (Å²) in [5.74, 6) is 1.12. The summed E-state index contributed by atoms with van der Waals surface area (Å²) in [4.78, 5) is 15.3. The van der Waals surface area contributed by atoms with E-state index in [2.05, 4.69) is 4.90 Å². The molecule has 1 saturated heterocycles. The minimum absolute atomic E-state index is 0.0465. The van der Waals surface area contributed by atoms with Crippen molar-refractivity contribution in [2.24, 2.45) is 4.76 Å². The van der Waals surface area contributed by atoms with Gasteiger partial charge in [0.2, 0.25) is 0 Å². The van der Waals surface area contributed by atoms with Crippen molar-refractivity contribution in [3.05, 3.63) is 132 Å². The van der Waals surface area contributed by atoms with Crippen molar-refractivity contribution in [1.82, 2.24) is 4.90 Å². The number of amidine groups is 1. The first-order valence-electron chi connectivity index (χ1n) is 13.1. The van der Waals surface area contributed by atoms with Crippen LogP contribution in [-0.2, 0) is 4.57 Å². The minimum Gasteiger partial charge on any atom is -0.399 e. The predicted molar refractivity (Wildman–Crippen MR) is 155 cm³/mol. The molecule has 4 aromatic rings. The van der Waals surface area contributed by atoms with E-state index >= 15 is 0 Å². The minimum atomic E-state index is -4.05. The van der Waals surface area contributed by atoms with Gasteiger partial charge < -0.3 is 13.9 Å². The van der Waals surface area contributed by atoms with Crippen LogP contribution < -0.4 is 9.05 Å². The van der Waals surface area contributed by atoms with Crippen LogP contribution >= 0.6 is 7.75 Å². The fraction of sp³-hybridized carbons (Fsp3) is 0.188. The lowest BCUT2D eigenvalue weighted by atomic mass is 9.94. The molecule has 4 aromatic carbocycles. The molecule has 6 nitrogen and oxygen atoms in total. The van der Waals surface area contributed by atoms with Crippen LogP contribution in [0.5, 0.6) is 11.5 Å². The number of likely N-dealkylation sites (tertiary alicyclic amines) is 1. The van der Waals surface area contributed by atoms with E-state index in [1.165, 1.54) is 0 Å². The van der Waals surface area contributed by atoms with Gasteiger partial charge in [-0.1, -0.05) is 91.9 Å². The molecule has 7 heteroatoms. The molecule has 0 spiro atoms. The number of nitrogens with zero attached hydrogens (tertiary/aromatic N) is 2. The summed E-state index contributed by atoms with van der Waals surface area (Å²) in [6.07, 6.45) is 2.03. The van der Waals surface area contributed by atoms with Gasteiger partial charge in [-0.15, -0.1) is 4.76 Å². The van der Waals surface area contributed by atoms with Crippen molar-refractivity contribution in [3.63, 3.8) is 0 Å². The van der Waals surface area contributed by atoms with Crippen LogP contribution in [0.1, 0.15) is 47.2 Å². The number of carbonyl (C=O) groups excluding carboxylic acids is 1. The Bertz CT molecular complexity index is 1420. The van der Waals surface area contributed by atoms with Crippen molar-refractivity contribution >= 4 is 19.4 Å². The SMILES string of the molecule is CC(/C(=N/P(=O)(Oc1ccccc1)Oc1ccccc1)N1CCCC1)c1cccc(C(=O)c2ccccc2)c1. The summed E-state index contributed by atoms with van der Waals surface area (Å²) in [6, 6.07) is 34.7. The summed E-state index contributed by atoms with van der Waals surface area (Å²) in [6.45, 7) is 3.60. The summed E-state index contributed by atoms with van der Waals surface area (Å²) < 4.78 is 31.0. The number of rotatable bonds is 9. The van der Waals surface area contributed by atoms with Gasteiger partial charge in [0, 0.05) is 30.1 Å². The van der Waals surface area contributed by atoms with E-state index < -0.39 is 7.75 Å². The summed E-state index contributed by atoms with van der Waals surface area (Å²) in [7, 11) is -4.05. The van der Waals surface area contributed by atoms with Gasteiger partial charge in [0.1, 0.15) is 17.3 Å². The van der Waals surface area contributed by atoms with E-state index in [0.29, 0.717) is 28.5 Å². The highest BCUT2D eigenvalue weighted by Gasteiger charge is 2.33. The molecule has 1 aliphatic rings. The first-order valence-corrected chi connectivity index (χ1v) is 14.6. The Morgan fingerprint density at radius 1 is 0.744 bits per heavy atom. The maximum absolute atomic E-state index is 14.3. The van der Waals surface area contributed by atoms with Crippen LogP contribution in [0.3, 0.4) is 0 Å². The fourth-order valence-electron chi connectivity index (χ4n) is 4.64. The lowest BCUT2D eigenvalue weighted by Crippen LogP contribution is -2.32. The average molecular weight is 539 g/mol. The fourth-order valence-corrected chi connectivity index (χ4v) is 6.08. The van der Waals surface area contributed by atoms with E-state index in [1.54, 1.807) is 24.3 Å². The number of hydrogen-bond donors (Lipinski definition) is 0. The van der Waals surface area contributed by atoms with Gasteiger partial charge >= 0.3 is 7.75 Å². The number of hydrogen-bond acceptors (Lipinski definition) is 4. The zero-order chi connectivity index (χ0) is 27.1. The molecule has 39 heavy (non-hydrogen) atoms. The third-order valence-corrected chi connectivity index (χ3v) is 7.99. The second kappa shape index (κ2) is 12.1. The highest BCUT2D eigenvalue weighted by Crippen LogP contribution is 2.51. The largest absolute Gasteiger partial charge is 0.565 e. The summed E-state index contributed by atoms with van der Waals surface area (Å²) in [5, 5.41) is 0. The lowest BCUT2D eigenvalue weighted by molar-refractivity contribution is 0.103. The van der Waals surface area contributed by atoms with Crippen LogP contribution in [0.25, 0.3) is 0 Å². The Morgan fingerprint density at radius 2 is 1.26 bits per heavy atom. The van der Waals surface area contributed by atoms with Crippen LogP contribution in [0.4, 0.5) is 0 Å². The second-order valence-electron chi connectivity index (χ2n) is 9.47. The van der Waals surface area contributed by atoms with Crippen molar-refractivity contribution in [2.45, 2.75) is 25.7 Å². The maximum atomic E-state index is 14.3. The highest BCUT2D eigenvalue weighted by molar-refractivity contribution is 7.53. The van der Waals surface area contributed by atoms with Crippen molar-refractivity contribution in [2.75, 3.05) is 13.1 Å². The number of ketones is 1.